The predicted molar refractivity (Wildman–Crippen MR) is 156 cm³/mol. The molecule has 0 saturated carbocycles. The highest BCUT2D eigenvalue weighted by Gasteiger charge is 2.28. The molecule has 4 aromatic rings. The quantitative estimate of drug-likeness (QED) is 0.339. The molecule has 9 heteroatoms. The third-order valence-corrected chi connectivity index (χ3v) is 7.88. The number of piperazine rings is 1. The van der Waals surface area contributed by atoms with E-state index in [0.29, 0.717) is 0 Å². The van der Waals surface area contributed by atoms with Crippen LogP contribution in [0, 0.1) is 13.8 Å². The second kappa shape index (κ2) is 10.4. The molecule has 4 heterocycles. The van der Waals surface area contributed by atoms with Gasteiger partial charge >= 0.3 is 0 Å². The predicted octanol–water partition coefficient (Wildman–Crippen LogP) is 4.54. The van der Waals surface area contributed by atoms with Crippen molar-refractivity contribution in [2.24, 2.45) is 4.99 Å². The van der Waals surface area contributed by atoms with Crippen LogP contribution < -0.4 is 15.4 Å². The third kappa shape index (κ3) is 4.88. The van der Waals surface area contributed by atoms with Crippen molar-refractivity contribution in [1.82, 2.24) is 25.3 Å². The van der Waals surface area contributed by atoms with Crippen molar-refractivity contribution >= 4 is 22.6 Å². The van der Waals surface area contributed by atoms with Crippen molar-refractivity contribution in [2.45, 2.75) is 33.0 Å². The highest BCUT2D eigenvalue weighted by Crippen LogP contribution is 2.41. The summed E-state index contributed by atoms with van der Waals surface area (Å²) >= 11 is 0. The van der Waals surface area contributed by atoms with Crippen molar-refractivity contribution in [3.63, 3.8) is 0 Å². The molecule has 204 valence electrons. The summed E-state index contributed by atoms with van der Waals surface area (Å²) in [6.07, 6.45) is -0.0722. The highest BCUT2D eigenvalue weighted by atomic mass is 16.5. The Labute approximate surface area is 229 Å². The highest BCUT2D eigenvalue weighted by molar-refractivity contribution is 6.16. The van der Waals surface area contributed by atoms with Gasteiger partial charge in [0.25, 0.3) is 0 Å². The number of ether oxygens (including phenoxy) is 1. The molecule has 0 radical (unpaired) electrons. The van der Waals surface area contributed by atoms with Gasteiger partial charge < -0.3 is 29.8 Å². The molecule has 2 aromatic carbocycles. The van der Waals surface area contributed by atoms with E-state index in [2.05, 4.69) is 87.0 Å². The number of aryl methyl sites for hydroxylation is 2. The van der Waals surface area contributed by atoms with E-state index in [1.165, 1.54) is 5.56 Å². The fraction of sp³-hybridized carbons (Fsp3) is 0.400. The molecular formula is C30H37N7O2. The number of amidine groups is 1. The van der Waals surface area contributed by atoms with Gasteiger partial charge in [-0.3, -0.25) is 4.90 Å². The van der Waals surface area contributed by atoms with Crippen molar-refractivity contribution in [1.29, 1.82) is 0 Å². The molecular weight excluding hydrogens is 490 g/mol. The number of aromatic amines is 1. The number of nitrogens with one attached hydrogen (secondary N) is 3. The minimum atomic E-state index is -0.0722. The maximum atomic E-state index is 5.89. The number of aliphatic imine (C=N–C) groups is 1. The second-order valence-electron chi connectivity index (χ2n) is 10.7. The number of anilines is 1. The van der Waals surface area contributed by atoms with Gasteiger partial charge in [-0.15, -0.1) is 0 Å². The summed E-state index contributed by atoms with van der Waals surface area (Å²) in [5.41, 5.74) is 6.05. The minimum absolute atomic E-state index is 0.0722. The lowest BCUT2D eigenvalue weighted by Gasteiger charge is -2.35. The number of likely N-dealkylation sites (N-methyl/N-ethyl adjacent to an activating group) is 1. The summed E-state index contributed by atoms with van der Waals surface area (Å²) in [5, 5.41) is 12.6. The number of methoxy groups -OCH3 is 1. The molecule has 2 atom stereocenters. The fourth-order valence-corrected chi connectivity index (χ4v) is 5.79. The van der Waals surface area contributed by atoms with E-state index in [0.717, 1.165) is 89.2 Å². The molecule has 0 bridgehead atoms. The van der Waals surface area contributed by atoms with Gasteiger partial charge in [-0.1, -0.05) is 35.5 Å². The molecule has 2 aromatic heterocycles. The van der Waals surface area contributed by atoms with E-state index in [1.54, 1.807) is 7.11 Å². The molecule has 3 N–H and O–H groups in total. The Morgan fingerprint density at radius 3 is 2.56 bits per heavy atom. The Kier molecular flexibility index (Phi) is 6.78. The molecule has 0 amide bonds. The monoisotopic (exact) mass is 527 g/mol. The first kappa shape index (κ1) is 25.5. The number of benzene rings is 2. The van der Waals surface area contributed by atoms with Gasteiger partial charge in [-0.05, 0) is 45.5 Å². The van der Waals surface area contributed by atoms with Gasteiger partial charge in [0, 0.05) is 49.2 Å². The van der Waals surface area contributed by atoms with Crippen molar-refractivity contribution < 1.29 is 9.26 Å². The van der Waals surface area contributed by atoms with Crippen LogP contribution in [-0.4, -0.2) is 78.8 Å². The molecule has 6 rings (SSSR count). The van der Waals surface area contributed by atoms with E-state index in [1.807, 2.05) is 13.8 Å². The number of nitrogens with zero attached hydrogens (tertiary/aromatic N) is 4. The number of aromatic nitrogens is 2. The van der Waals surface area contributed by atoms with Gasteiger partial charge in [0.1, 0.15) is 29.3 Å². The standard InChI is InChI=1S/C30H37N7O2/c1-18-27(19(2)39-35-18)23-15-24-22(16-26(23)38-5)28-29(33-24)31-20(3)32-30(28)34-25(21-9-7-6-8-10-21)17-37-13-11-36(4)12-14-37/h6-10,15-16,20,25,31,33H,11-14,17H2,1-5H3,(H,32,34)/t20?,25-/m1/s1. The van der Waals surface area contributed by atoms with E-state index in [4.69, 9.17) is 14.3 Å². The molecule has 1 unspecified atom stereocenters. The Morgan fingerprint density at radius 2 is 1.87 bits per heavy atom. The first-order valence-electron chi connectivity index (χ1n) is 13.6. The maximum Gasteiger partial charge on any atom is 0.141 e. The first-order valence-corrected chi connectivity index (χ1v) is 13.6. The van der Waals surface area contributed by atoms with Gasteiger partial charge in [0.15, 0.2) is 0 Å². The third-order valence-electron chi connectivity index (χ3n) is 7.88. The lowest BCUT2D eigenvalue weighted by atomic mass is 9.99. The Hall–Kier alpha value is -3.82. The summed E-state index contributed by atoms with van der Waals surface area (Å²) in [5.74, 6) is 3.39. The van der Waals surface area contributed by atoms with Crippen LogP contribution in [-0.2, 0) is 0 Å². The van der Waals surface area contributed by atoms with E-state index >= 15 is 0 Å². The number of rotatable bonds is 6. The zero-order valence-corrected chi connectivity index (χ0v) is 23.3. The second-order valence-corrected chi connectivity index (χ2v) is 10.7. The fourth-order valence-electron chi connectivity index (χ4n) is 5.79. The van der Waals surface area contributed by atoms with Crippen LogP contribution in [0.15, 0.2) is 52.0 Å². The van der Waals surface area contributed by atoms with Crippen LogP contribution in [0.5, 0.6) is 5.75 Å². The molecule has 0 aliphatic carbocycles. The summed E-state index contributed by atoms with van der Waals surface area (Å²) in [6, 6.07) is 15.0. The van der Waals surface area contributed by atoms with E-state index in [-0.39, 0.29) is 12.2 Å². The Morgan fingerprint density at radius 1 is 1.10 bits per heavy atom. The van der Waals surface area contributed by atoms with Gasteiger partial charge in [0.2, 0.25) is 0 Å². The zero-order chi connectivity index (χ0) is 27.1. The molecule has 9 nitrogen and oxygen atoms in total. The van der Waals surface area contributed by atoms with E-state index in [9.17, 15) is 0 Å². The summed E-state index contributed by atoms with van der Waals surface area (Å²) in [4.78, 5) is 13.6. The Balaban J connectivity index is 1.40. The summed E-state index contributed by atoms with van der Waals surface area (Å²) < 4.78 is 11.4. The van der Waals surface area contributed by atoms with Crippen LogP contribution in [0.3, 0.4) is 0 Å². The van der Waals surface area contributed by atoms with Gasteiger partial charge in [-0.2, -0.15) is 0 Å². The number of hydrogen-bond donors (Lipinski definition) is 3. The summed E-state index contributed by atoms with van der Waals surface area (Å²) in [6.45, 7) is 11.2. The van der Waals surface area contributed by atoms with Crippen LogP contribution in [0.1, 0.15) is 35.5 Å². The zero-order valence-electron chi connectivity index (χ0n) is 23.3. The van der Waals surface area contributed by atoms with Crippen LogP contribution in [0.2, 0.25) is 0 Å². The molecule has 1 saturated heterocycles. The molecule has 2 aliphatic heterocycles. The normalized spacial score (nSPS) is 18.9. The Bertz CT molecular complexity index is 1480. The molecule has 39 heavy (non-hydrogen) atoms. The van der Waals surface area contributed by atoms with Crippen LogP contribution in [0.4, 0.5) is 5.82 Å². The maximum absolute atomic E-state index is 5.89. The lowest BCUT2D eigenvalue weighted by molar-refractivity contribution is 0.145. The first-order chi connectivity index (χ1) is 18.9. The topological polar surface area (TPSA) is 93.9 Å². The molecule has 0 spiro atoms. The molecule has 2 aliphatic rings. The minimum Gasteiger partial charge on any atom is -0.496 e. The SMILES string of the molecule is COc1cc2c3c([nH]c2cc1-c1c(C)noc1C)NC(C)N=C3N[C@H](CN1CCN(C)CC1)c1ccccc1. The number of H-pyrrole nitrogens is 1. The van der Waals surface area contributed by atoms with Crippen molar-refractivity contribution in [2.75, 3.05) is 52.2 Å². The van der Waals surface area contributed by atoms with Crippen molar-refractivity contribution in [3.8, 4) is 16.9 Å². The van der Waals surface area contributed by atoms with Gasteiger partial charge in [-0.25, -0.2) is 4.99 Å². The number of fused-ring (bicyclic) bond motifs is 3. The average molecular weight is 528 g/mol. The van der Waals surface area contributed by atoms with Gasteiger partial charge in [0.05, 0.1) is 30.0 Å². The van der Waals surface area contributed by atoms with Crippen LogP contribution >= 0.6 is 0 Å². The summed E-state index contributed by atoms with van der Waals surface area (Å²) in [7, 11) is 3.90. The lowest BCUT2D eigenvalue weighted by Crippen LogP contribution is -2.48. The smallest absolute Gasteiger partial charge is 0.141 e. The molecule has 1 fully saturated rings. The largest absolute Gasteiger partial charge is 0.496 e. The van der Waals surface area contributed by atoms with Crippen molar-refractivity contribution in [3.05, 3.63) is 65.0 Å². The van der Waals surface area contributed by atoms with Crippen LogP contribution in [0.25, 0.3) is 22.0 Å². The average Bonchev–Trinajstić information content (AvgIpc) is 3.46. The number of hydrogen-bond acceptors (Lipinski definition) is 8. The van der Waals surface area contributed by atoms with E-state index < -0.39 is 0 Å².